The molecule has 8 nitrogen and oxygen atoms in total. The molecule has 208 valence electrons. The normalized spacial score (nSPS) is 23.2. The second-order valence-corrected chi connectivity index (χ2v) is 12.3. The smallest absolute Gasteiger partial charge is 0.234 e. The molecule has 41 heavy (non-hydrogen) atoms. The van der Waals surface area contributed by atoms with Gasteiger partial charge in [-0.15, -0.1) is 0 Å². The van der Waals surface area contributed by atoms with Crippen molar-refractivity contribution in [3.8, 4) is 29.0 Å². The summed E-state index contributed by atoms with van der Waals surface area (Å²) >= 11 is 0. The van der Waals surface area contributed by atoms with Crippen LogP contribution in [-0.4, -0.2) is 70.4 Å². The first kappa shape index (κ1) is 24.8. The van der Waals surface area contributed by atoms with Crippen molar-refractivity contribution in [1.29, 1.82) is 5.26 Å². The molecule has 0 amide bonds. The summed E-state index contributed by atoms with van der Waals surface area (Å²) in [5.41, 5.74) is 3.79. The number of hydrogen-bond acceptors (Lipinski definition) is 8. The summed E-state index contributed by atoms with van der Waals surface area (Å²) in [4.78, 5) is 14.8. The van der Waals surface area contributed by atoms with Crippen molar-refractivity contribution < 1.29 is 9.84 Å². The van der Waals surface area contributed by atoms with E-state index in [0.717, 1.165) is 90.5 Å². The average Bonchev–Trinajstić information content (AvgIpc) is 3.67. The Morgan fingerprint density at radius 1 is 1.05 bits per heavy atom. The summed E-state index contributed by atoms with van der Waals surface area (Å²) in [5, 5.41) is 27.6. The molecule has 8 rings (SSSR count). The Kier molecular flexibility index (Phi) is 5.80. The first-order valence-corrected chi connectivity index (χ1v) is 15.0. The number of fused-ring (bicyclic) bond motifs is 5. The van der Waals surface area contributed by atoms with E-state index in [0.29, 0.717) is 30.1 Å². The predicted molar refractivity (Wildman–Crippen MR) is 159 cm³/mol. The molecule has 8 heteroatoms. The van der Waals surface area contributed by atoms with Crippen LogP contribution in [0.5, 0.6) is 11.6 Å². The van der Waals surface area contributed by atoms with Gasteiger partial charge in [0.25, 0.3) is 0 Å². The highest BCUT2D eigenvalue weighted by Gasteiger charge is 2.45. The van der Waals surface area contributed by atoms with E-state index in [1.54, 1.807) is 12.1 Å². The number of nitrogens with one attached hydrogen (secondary N) is 1. The third kappa shape index (κ3) is 4.10. The number of phenolic OH excluding ortho intramolecular Hbond substituents is 1. The van der Waals surface area contributed by atoms with Crippen LogP contribution in [0.2, 0.25) is 0 Å². The Morgan fingerprint density at radius 3 is 2.61 bits per heavy atom. The van der Waals surface area contributed by atoms with E-state index >= 15 is 0 Å². The van der Waals surface area contributed by atoms with E-state index in [2.05, 4.69) is 21.2 Å². The number of pyridine rings is 2. The van der Waals surface area contributed by atoms with Crippen molar-refractivity contribution in [3.05, 3.63) is 54.2 Å². The number of hydrogen-bond donors (Lipinski definition) is 2. The van der Waals surface area contributed by atoms with Crippen molar-refractivity contribution in [1.82, 2.24) is 20.2 Å². The number of rotatable bonds is 5. The molecule has 4 fully saturated rings. The van der Waals surface area contributed by atoms with Crippen LogP contribution >= 0.6 is 0 Å². The molecule has 6 heterocycles. The Hall–Kier alpha value is -3.93. The van der Waals surface area contributed by atoms with Crippen LogP contribution in [-0.2, 0) is 0 Å². The zero-order chi connectivity index (χ0) is 27.6. The van der Waals surface area contributed by atoms with Crippen LogP contribution in [0.3, 0.4) is 0 Å². The number of aromatic nitrogens is 2. The summed E-state index contributed by atoms with van der Waals surface area (Å²) < 4.78 is 6.58. The van der Waals surface area contributed by atoms with Gasteiger partial charge in [-0.3, -0.25) is 9.88 Å². The number of aromatic hydroxyl groups is 1. The number of benzene rings is 2. The van der Waals surface area contributed by atoms with Gasteiger partial charge < -0.3 is 20.1 Å². The molecule has 4 saturated heterocycles. The van der Waals surface area contributed by atoms with Gasteiger partial charge >= 0.3 is 0 Å². The Morgan fingerprint density at radius 2 is 1.83 bits per heavy atom. The summed E-state index contributed by atoms with van der Waals surface area (Å²) in [7, 11) is 0. The monoisotopic (exact) mass is 546 g/mol. The molecule has 0 saturated carbocycles. The van der Waals surface area contributed by atoms with Gasteiger partial charge in [0.2, 0.25) is 5.88 Å². The van der Waals surface area contributed by atoms with Crippen LogP contribution in [0, 0.1) is 11.3 Å². The lowest BCUT2D eigenvalue weighted by Crippen LogP contribution is -2.51. The highest BCUT2D eigenvalue weighted by Crippen LogP contribution is 2.42. The molecule has 4 aliphatic rings. The van der Waals surface area contributed by atoms with Crippen LogP contribution in [0.15, 0.2) is 48.7 Å². The minimum Gasteiger partial charge on any atom is -0.508 e. The number of phenols is 1. The average molecular weight is 547 g/mol. The molecule has 2 aromatic carbocycles. The van der Waals surface area contributed by atoms with E-state index in [9.17, 15) is 10.4 Å². The van der Waals surface area contributed by atoms with Crippen LogP contribution in [0.1, 0.15) is 44.1 Å². The fourth-order valence-corrected chi connectivity index (χ4v) is 7.95. The van der Waals surface area contributed by atoms with Crippen molar-refractivity contribution in [2.45, 2.75) is 56.1 Å². The second kappa shape index (κ2) is 9.57. The van der Waals surface area contributed by atoms with Crippen molar-refractivity contribution in [2.24, 2.45) is 0 Å². The standard InChI is InChI=1S/C33H34N6O2/c34-16-27-31(38-18-22-7-8-23(19-38)36-22)28-17-35-29(26-14-24(40)13-21-5-1-2-6-25(21)26)15-30(28)37-32(27)41-20-33-9-3-11-39(33)12-4-10-33/h1-2,5-6,13-15,17,22-23,36,40H,3-4,7-12,18-20H2. The first-order chi connectivity index (χ1) is 20.1. The minimum atomic E-state index is 0.0571. The molecule has 2 bridgehead atoms. The molecular formula is C33H34N6O2. The van der Waals surface area contributed by atoms with Gasteiger partial charge in [0.15, 0.2) is 0 Å². The molecule has 0 radical (unpaired) electrons. The Balaban J connectivity index is 1.27. The highest BCUT2D eigenvalue weighted by atomic mass is 16.5. The van der Waals surface area contributed by atoms with Crippen molar-refractivity contribution in [3.63, 3.8) is 0 Å². The lowest BCUT2D eigenvalue weighted by Gasteiger charge is -2.36. The topological polar surface area (TPSA) is 97.5 Å². The zero-order valence-corrected chi connectivity index (χ0v) is 23.1. The molecule has 2 atom stereocenters. The van der Waals surface area contributed by atoms with E-state index in [1.807, 2.05) is 36.5 Å². The third-order valence-electron chi connectivity index (χ3n) is 9.87. The number of anilines is 1. The van der Waals surface area contributed by atoms with Gasteiger partial charge in [-0.1, -0.05) is 24.3 Å². The van der Waals surface area contributed by atoms with Crippen LogP contribution in [0.4, 0.5) is 5.69 Å². The number of piperazine rings is 1. The third-order valence-corrected chi connectivity index (χ3v) is 9.87. The summed E-state index contributed by atoms with van der Waals surface area (Å²) in [5.74, 6) is 0.623. The summed E-state index contributed by atoms with van der Waals surface area (Å²) in [6.45, 7) is 4.50. The number of nitrogens with zero attached hydrogens (tertiary/aromatic N) is 5. The lowest BCUT2D eigenvalue weighted by atomic mass is 9.95. The number of ether oxygens (including phenoxy) is 1. The molecular weight excluding hydrogens is 512 g/mol. The van der Waals surface area contributed by atoms with Gasteiger partial charge in [-0.05, 0) is 80.6 Å². The Bertz CT molecular complexity index is 1690. The fourth-order valence-electron chi connectivity index (χ4n) is 7.95. The molecule has 4 aliphatic heterocycles. The van der Waals surface area contributed by atoms with Gasteiger partial charge in [0.1, 0.15) is 24.0 Å². The van der Waals surface area contributed by atoms with Crippen molar-refractivity contribution >= 4 is 27.4 Å². The molecule has 4 aromatic rings. The van der Waals surface area contributed by atoms with Crippen LogP contribution < -0.4 is 15.0 Å². The predicted octanol–water partition coefficient (Wildman–Crippen LogP) is 4.98. The first-order valence-electron chi connectivity index (χ1n) is 15.0. The van der Waals surface area contributed by atoms with E-state index in [4.69, 9.17) is 14.7 Å². The van der Waals surface area contributed by atoms with E-state index in [1.165, 1.54) is 12.8 Å². The largest absolute Gasteiger partial charge is 0.508 e. The minimum absolute atomic E-state index is 0.0571. The maximum absolute atomic E-state index is 10.5. The highest BCUT2D eigenvalue weighted by molar-refractivity contribution is 6.01. The summed E-state index contributed by atoms with van der Waals surface area (Å²) in [6, 6.07) is 16.9. The summed E-state index contributed by atoms with van der Waals surface area (Å²) in [6.07, 6.45) is 8.82. The fraction of sp³-hybridized carbons (Fsp3) is 0.424. The lowest BCUT2D eigenvalue weighted by molar-refractivity contribution is 0.111. The van der Waals surface area contributed by atoms with E-state index < -0.39 is 0 Å². The number of nitriles is 1. The molecule has 2 N–H and O–H groups in total. The van der Waals surface area contributed by atoms with Crippen molar-refractivity contribution in [2.75, 3.05) is 37.7 Å². The molecule has 0 spiro atoms. The quantitative estimate of drug-likeness (QED) is 0.362. The molecule has 0 aliphatic carbocycles. The van der Waals surface area contributed by atoms with E-state index in [-0.39, 0.29) is 11.3 Å². The van der Waals surface area contributed by atoms with Gasteiger partial charge in [-0.25, -0.2) is 4.98 Å². The maximum Gasteiger partial charge on any atom is 0.234 e. The van der Waals surface area contributed by atoms with Gasteiger partial charge in [0, 0.05) is 42.3 Å². The molecule has 2 aromatic heterocycles. The maximum atomic E-state index is 10.5. The van der Waals surface area contributed by atoms with Gasteiger partial charge in [-0.2, -0.15) is 5.26 Å². The van der Waals surface area contributed by atoms with Gasteiger partial charge in [0.05, 0.1) is 22.4 Å². The SMILES string of the molecule is N#Cc1c(OCC23CCCN2CCC3)nc2cc(-c3cc(O)cc4ccccc34)ncc2c1N1CC2CCC(C1)N2. The molecule has 2 unspecified atom stereocenters. The van der Waals surface area contributed by atoms with Crippen LogP contribution in [0.25, 0.3) is 32.9 Å². The Labute approximate surface area is 239 Å². The zero-order valence-electron chi connectivity index (χ0n) is 23.1. The second-order valence-electron chi connectivity index (χ2n) is 12.3.